The number of hydrogen-bond donors (Lipinski definition) is 2. The molecule has 0 amide bonds. The van der Waals surface area contributed by atoms with Gasteiger partial charge >= 0.3 is 0 Å². The van der Waals surface area contributed by atoms with Crippen molar-refractivity contribution in [1.82, 2.24) is 9.97 Å². The van der Waals surface area contributed by atoms with Crippen LogP contribution in [0.4, 0.5) is 5.82 Å². The molecule has 0 spiro atoms. The van der Waals surface area contributed by atoms with Crippen molar-refractivity contribution in [3.8, 4) is 0 Å². The van der Waals surface area contributed by atoms with E-state index < -0.39 is 0 Å². The zero-order chi connectivity index (χ0) is 13.1. The van der Waals surface area contributed by atoms with Crippen molar-refractivity contribution in [1.29, 1.82) is 0 Å². The minimum Gasteiger partial charge on any atom is -0.351 e. The van der Waals surface area contributed by atoms with Gasteiger partial charge in [0.15, 0.2) is 5.82 Å². The first kappa shape index (κ1) is 13.4. The molecule has 6 heteroatoms. The SMILES string of the molecule is CCC1CCN(c2nc[nH]c(=O)c2Cl)C(CN)C1. The smallest absolute Gasteiger partial charge is 0.271 e. The Kier molecular flexibility index (Phi) is 4.24. The third-order valence-electron chi connectivity index (χ3n) is 3.72. The molecule has 1 aliphatic heterocycles. The van der Waals surface area contributed by atoms with Gasteiger partial charge < -0.3 is 15.6 Å². The van der Waals surface area contributed by atoms with E-state index in [1.54, 1.807) is 0 Å². The molecule has 0 radical (unpaired) electrons. The van der Waals surface area contributed by atoms with E-state index in [0.29, 0.717) is 18.3 Å². The number of nitrogens with zero attached hydrogens (tertiary/aromatic N) is 2. The summed E-state index contributed by atoms with van der Waals surface area (Å²) in [5, 5.41) is 0.158. The van der Waals surface area contributed by atoms with Crippen LogP contribution in [0.2, 0.25) is 5.02 Å². The summed E-state index contributed by atoms with van der Waals surface area (Å²) in [5.74, 6) is 1.26. The van der Waals surface area contributed by atoms with E-state index >= 15 is 0 Å². The molecular weight excluding hydrogens is 252 g/mol. The zero-order valence-corrected chi connectivity index (χ0v) is 11.3. The van der Waals surface area contributed by atoms with Crippen LogP contribution < -0.4 is 16.2 Å². The summed E-state index contributed by atoms with van der Waals surface area (Å²) < 4.78 is 0. The number of halogens is 1. The predicted molar refractivity (Wildman–Crippen MR) is 73.1 cm³/mol. The summed E-state index contributed by atoms with van der Waals surface area (Å²) >= 11 is 6.03. The fourth-order valence-corrected chi connectivity index (χ4v) is 2.79. The highest BCUT2D eigenvalue weighted by atomic mass is 35.5. The van der Waals surface area contributed by atoms with Crippen LogP contribution in [0.25, 0.3) is 0 Å². The Morgan fingerprint density at radius 1 is 1.67 bits per heavy atom. The monoisotopic (exact) mass is 270 g/mol. The highest BCUT2D eigenvalue weighted by Gasteiger charge is 2.29. The zero-order valence-electron chi connectivity index (χ0n) is 10.5. The Morgan fingerprint density at radius 2 is 2.44 bits per heavy atom. The van der Waals surface area contributed by atoms with Crippen LogP contribution in [0.5, 0.6) is 0 Å². The lowest BCUT2D eigenvalue weighted by Gasteiger charge is -2.39. The van der Waals surface area contributed by atoms with Gasteiger partial charge in [-0.25, -0.2) is 4.98 Å². The number of nitrogens with one attached hydrogen (secondary N) is 1. The largest absolute Gasteiger partial charge is 0.351 e. The number of aromatic nitrogens is 2. The van der Waals surface area contributed by atoms with E-state index in [9.17, 15) is 4.79 Å². The summed E-state index contributed by atoms with van der Waals surface area (Å²) in [6, 6.07) is 0.218. The van der Waals surface area contributed by atoms with Gasteiger partial charge in [0.05, 0.1) is 6.33 Å². The minimum absolute atomic E-state index is 0.158. The lowest BCUT2D eigenvalue weighted by Crippen LogP contribution is -2.47. The Bertz CT molecular complexity index is 462. The molecule has 5 nitrogen and oxygen atoms in total. The second kappa shape index (κ2) is 5.71. The second-order valence-corrected chi connectivity index (χ2v) is 5.13. The van der Waals surface area contributed by atoms with Gasteiger partial charge in [0.25, 0.3) is 5.56 Å². The van der Waals surface area contributed by atoms with E-state index in [-0.39, 0.29) is 16.6 Å². The van der Waals surface area contributed by atoms with Crippen LogP contribution in [0, 0.1) is 5.92 Å². The van der Waals surface area contributed by atoms with E-state index in [2.05, 4.69) is 21.8 Å². The summed E-state index contributed by atoms with van der Waals surface area (Å²) in [6.45, 7) is 3.62. The summed E-state index contributed by atoms with van der Waals surface area (Å²) in [4.78, 5) is 20.3. The highest BCUT2D eigenvalue weighted by molar-refractivity contribution is 6.32. The van der Waals surface area contributed by atoms with Gasteiger partial charge in [0.2, 0.25) is 0 Å². The van der Waals surface area contributed by atoms with Crippen molar-refractivity contribution >= 4 is 17.4 Å². The molecule has 0 aliphatic carbocycles. The first-order valence-corrected chi connectivity index (χ1v) is 6.75. The van der Waals surface area contributed by atoms with Gasteiger partial charge in [0.1, 0.15) is 5.02 Å². The first-order valence-electron chi connectivity index (χ1n) is 6.37. The van der Waals surface area contributed by atoms with Crippen molar-refractivity contribution in [2.75, 3.05) is 18.0 Å². The average Bonchev–Trinajstić information content (AvgIpc) is 2.41. The molecule has 0 aromatic carbocycles. The normalized spacial score (nSPS) is 24.3. The number of rotatable bonds is 3. The molecule has 1 fully saturated rings. The lowest BCUT2D eigenvalue weighted by molar-refractivity contribution is 0.334. The standard InChI is InChI=1S/C12H19ClN4O/c1-2-8-3-4-17(9(5-8)6-14)11-10(13)12(18)16-7-15-11/h7-9H,2-6,14H2,1H3,(H,15,16,18). The molecular formula is C12H19ClN4O. The van der Waals surface area contributed by atoms with Crippen LogP contribution >= 0.6 is 11.6 Å². The maximum absolute atomic E-state index is 11.5. The van der Waals surface area contributed by atoms with Crippen molar-refractivity contribution in [3.63, 3.8) is 0 Å². The van der Waals surface area contributed by atoms with E-state index in [1.807, 2.05) is 0 Å². The number of H-pyrrole nitrogens is 1. The van der Waals surface area contributed by atoms with Crippen molar-refractivity contribution in [3.05, 3.63) is 21.7 Å². The van der Waals surface area contributed by atoms with Crippen molar-refractivity contribution in [2.24, 2.45) is 11.7 Å². The van der Waals surface area contributed by atoms with E-state index in [0.717, 1.165) is 19.4 Å². The molecule has 1 aliphatic rings. The molecule has 3 N–H and O–H groups in total. The molecule has 2 unspecified atom stereocenters. The molecule has 18 heavy (non-hydrogen) atoms. The summed E-state index contributed by atoms with van der Waals surface area (Å²) in [7, 11) is 0. The number of aromatic amines is 1. The topological polar surface area (TPSA) is 75.0 Å². The van der Waals surface area contributed by atoms with Crippen LogP contribution in [-0.4, -0.2) is 29.1 Å². The molecule has 0 bridgehead atoms. The van der Waals surface area contributed by atoms with Crippen LogP contribution in [0.15, 0.2) is 11.1 Å². The Morgan fingerprint density at radius 3 is 3.11 bits per heavy atom. The fourth-order valence-electron chi connectivity index (χ4n) is 2.58. The molecule has 1 aromatic heterocycles. The number of piperidine rings is 1. The van der Waals surface area contributed by atoms with Crippen LogP contribution in [0.1, 0.15) is 26.2 Å². The van der Waals surface area contributed by atoms with Gasteiger partial charge in [0, 0.05) is 19.1 Å². The van der Waals surface area contributed by atoms with E-state index in [1.165, 1.54) is 12.7 Å². The van der Waals surface area contributed by atoms with Gasteiger partial charge in [-0.3, -0.25) is 4.79 Å². The maximum Gasteiger partial charge on any atom is 0.271 e. The Balaban J connectivity index is 2.27. The Labute approximate surface area is 111 Å². The number of anilines is 1. The Hall–Kier alpha value is -1.07. The molecule has 0 saturated carbocycles. The van der Waals surface area contributed by atoms with Gasteiger partial charge in [-0.15, -0.1) is 0 Å². The lowest BCUT2D eigenvalue weighted by atomic mass is 9.89. The van der Waals surface area contributed by atoms with Crippen molar-refractivity contribution in [2.45, 2.75) is 32.2 Å². The quantitative estimate of drug-likeness (QED) is 0.870. The molecule has 1 saturated heterocycles. The van der Waals surface area contributed by atoms with Gasteiger partial charge in [-0.05, 0) is 18.8 Å². The highest BCUT2D eigenvalue weighted by Crippen LogP contribution is 2.30. The summed E-state index contributed by atoms with van der Waals surface area (Å²) in [5.41, 5.74) is 5.54. The predicted octanol–water partition coefficient (Wildman–Crippen LogP) is 1.38. The summed E-state index contributed by atoms with van der Waals surface area (Å²) in [6.07, 6.45) is 4.69. The van der Waals surface area contributed by atoms with Crippen LogP contribution in [0.3, 0.4) is 0 Å². The minimum atomic E-state index is -0.296. The fraction of sp³-hybridized carbons (Fsp3) is 0.667. The molecule has 2 rings (SSSR count). The van der Waals surface area contributed by atoms with Gasteiger partial charge in [-0.2, -0.15) is 0 Å². The molecule has 1 aromatic rings. The third kappa shape index (κ3) is 2.52. The van der Waals surface area contributed by atoms with E-state index in [4.69, 9.17) is 17.3 Å². The van der Waals surface area contributed by atoms with Gasteiger partial charge in [-0.1, -0.05) is 24.9 Å². The van der Waals surface area contributed by atoms with Crippen LogP contribution in [-0.2, 0) is 0 Å². The first-order chi connectivity index (χ1) is 8.67. The second-order valence-electron chi connectivity index (χ2n) is 4.75. The average molecular weight is 271 g/mol. The third-order valence-corrected chi connectivity index (χ3v) is 4.06. The molecule has 2 atom stereocenters. The number of nitrogens with two attached hydrogens (primary N) is 1. The molecule has 2 heterocycles. The molecule has 100 valence electrons. The maximum atomic E-state index is 11.5. The van der Waals surface area contributed by atoms with Crippen molar-refractivity contribution < 1.29 is 0 Å². The number of hydrogen-bond acceptors (Lipinski definition) is 4.